The van der Waals surface area contributed by atoms with Crippen molar-refractivity contribution in [2.24, 2.45) is 0 Å². The molecule has 94 valence electrons. The Labute approximate surface area is 108 Å². The van der Waals surface area contributed by atoms with Crippen molar-refractivity contribution < 1.29 is 9.53 Å². The minimum absolute atomic E-state index is 0.228. The topological polar surface area (TPSA) is 26.3 Å². The number of ketones is 1. The summed E-state index contributed by atoms with van der Waals surface area (Å²) >= 11 is 5.58. The molecule has 1 aromatic carbocycles. The second-order valence-electron chi connectivity index (χ2n) is 4.09. The van der Waals surface area contributed by atoms with Crippen LogP contribution >= 0.6 is 11.6 Å². The van der Waals surface area contributed by atoms with Crippen LogP contribution in [-0.2, 0) is 11.2 Å². The molecule has 0 unspecified atom stereocenters. The van der Waals surface area contributed by atoms with Gasteiger partial charge in [-0.25, -0.2) is 0 Å². The Morgan fingerprint density at radius 3 is 2.53 bits per heavy atom. The lowest BCUT2D eigenvalue weighted by Gasteiger charge is -2.06. The quantitative estimate of drug-likeness (QED) is 0.523. The Balaban J connectivity index is 2.31. The minimum Gasteiger partial charge on any atom is -0.494 e. The second kappa shape index (κ2) is 8.13. The summed E-state index contributed by atoms with van der Waals surface area (Å²) < 4.78 is 5.56. The molecule has 0 saturated heterocycles. The summed E-state index contributed by atoms with van der Waals surface area (Å²) in [4.78, 5) is 10.9. The first kappa shape index (κ1) is 14.0. The molecule has 17 heavy (non-hydrogen) atoms. The summed E-state index contributed by atoms with van der Waals surface area (Å²) in [5.74, 6) is 1.80. The number of ether oxygens (including phenoxy) is 1. The van der Waals surface area contributed by atoms with Gasteiger partial charge in [0.1, 0.15) is 11.5 Å². The number of carbonyl (C=O) groups excluding carboxylic acids is 1. The fourth-order valence-corrected chi connectivity index (χ4v) is 1.65. The van der Waals surface area contributed by atoms with E-state index >= 15 is 0 Å². The first-order valence-corrected chi connectivity index (χ1v) is 6.53. The Hall–Kier alpha value is -1.02. The van der Waals surface area contributed by atoms with Gasteiger partial charge in [-0.1, -0.05) is 12.1 Å². The number of benzene rings is 1. The first-order valence-electron chi connectivity index (χ1n) is 5.99. The van der Waals surface area contributed by atoms with Crippen LogP contribution in [0.1, 0.15) is 31.7 Å². The van der Waals surface area contributed by atoms with Crippen LogP contribution in [0.3, 0.4) is 0 Å². The molecule has 0 fully saturated rings. The largest absolute Gasteiger partial charge is 0.494 e. The molecule has 0 heterocycles. The zero-order valence-corrected chi connectivity index (χ0v) is 11.0. The maximum atomic E-state index is 10.9. The van der Waals surface area contributed by atoms with Crippen molar-refractivity contribution in [3.63, 3.8) is 0 Å². The van der Waals surface area contributed by atoms with Crippen LogP contribution in [0.4, 0.5) is 0 Å². The molecule has 1 aromatic rings. The molecule has 0 aromatic heterocycles. The molecule has 0 aliphatic rings. The van der Waals surface area contributed by atoms with Crippen molar-refractivity contribution in [1.29, 1.82) is 0 Å². The monoisotopic (exact) mass is 254 g/mol. The van der Waals surface area contributed by atoms with E-state index in [0.717, 1.165) is 25.0 Å². The number of unbranched alkanes of at least 4 members (excludes halogenated alkanes) is 1. The van der Waals surface area contributed by atoms with Crippen LogP contribution in [0.25, 0.3) is 0 Å². The summed E-state index contributed by atoms with van der Waals surface area (Å²) in [7, 11) is 0. The number of Topliss-reactive ketones (excluding diaryl/α,β-unsaturated/α-hetero) is 1. The number of carbonyl (C=O) groups is 1. The van der Waals surface area contributed by atoms with Gasteiger partial charge in [-0.2, -0.15) is 0 Å². The highest BCUT2D eigenvalue weighted by atomic mass is 35.5. The summed E-state index contributed by atoms with van der Waals surface area (Å²) in [6.07, 6.45) is 3.38. The molecule has 0 aliphatic carbocycles. The zero-order chi connectivity index (χ0) is 12.5. The highest BCUT2D eigenvalue weighted by molar-refractivity contribution is 6.17. The van der Waals surface area contributed by atoms with E-state index in [2.05, 4.69) is 0 Å². The van der Waals surface area contributed by atoms with Gasteiger partial charge in [-0.05, 0) is 43.9 Å². The van der Waals surface area contributed by atoms with Gasteiger partial charge in [-0.15, -0.1) is 11.6 Å². The fraction of sp³-hybridized carbons (Fsp3) is 0.500. The van der Waals surface area contributed by atoms with Crippen LogP contribution in [0.2, 0.25) is 0 Å². The van der Waals surface area contributed by atoms with Gasteiger partial charge in [0, 0.05) is 12.3 Å². The molecule has 0 radical (unpaired) electrons. The molecule has 0 spiro atoms. The Morgan fingerprint density at radius 1 is 1.24 bits per heavy atom. The van der Waals surface area contributed by atoms with Crippen LogP contribution < -0.4 is 4.74 Å². The van der Waals surface area contributed by atoms with Gasteiger partial charge in [0.2, 0.25) is 0 Å². The lowest BCUT2D eigenvalue weighted by Crippen LogP contribution is -1.98. The lowest BCUT2D eigenvalue weighted by molar-refractivity contribution is -0.116. The second-order valence-corrected chi connectivity index (χ2v) is 4.47. The van der Waals surface area contributed by atoms with Gasteiger partial charge in [0.25, 0.3) is 0 Å². The molecule has 0 atom stereocenters. The molecule has 0 N–H and O–H groups in total. The fourth-order valence-electron chi connectivity index (χ4n) is 1.46. The van der Waals surface area contributed by atoms with Crippen molar-refractivity contribution in [1.82, 2.24) is 0 Å². The predicted molar refractivity (Wildman–Crippen MR) is 70.9 cm³/mol. The third-order valence-corrected chi connectivity index (χ3v) is 2.75. The number of hydrogen-bond donors (Lipinski definition) is 0. The van der Waals surface area contributed by atoms with E-state index in [9.17, 15) is 4.79 Å². The molecule has 3 heteroatoms. The predicted octanol–water partition coefficient (Wildman–Crippen LogP) is 3.61. The molecule has 2 nitrogen and oxygen atoms in total. The van der Waals surface area contributed by atoms with Crippen molar-refractivity contribution in [3.05, 3.63) is 29.8 Å². The van der Waals surface area contributed by atoms with E-state index in [0.29, 0.717) is 18.9 Å². The highest BCUT2D eigenvalue weighted by Crippen LogP contribution is 2.14. The van der Waals surface area contributed by atoms with E-state index in [4.69, 9.17) is 16.3 Å². The van der Waals surface area contributed by atoms with E-state index in [-0.39, 0.29) is 5.78 Å². The lowest BCUT2D eigenvalue weighted by atomic mass is 10.1. The number of aryl methyl sites for hydroxylation is 1. The molecular weight excluding hydrogens is 236 g/mol. The zero-order valence-electron chi connectivity index (χ0n) is 10.2. The van der Waals surface area contributed by atoms with E-state index in [1.54, 1.807) is 6.92 Å². The third-order valence-electron chi connectivity index (χ3n) is 2.49. The van der Waals surface area contributed by atoms with Gasteiger partial charge >= 0.3 is 0 Å². The molecule has 1 rings (SSSR count). The molecule has 0 aliphatic heterocycles. The Morgan fingerprint density at radius 2 is 1.94 bits per heavy atom. The normalized spacial score (nSPS) is 10.2. The van der Waals surface area contributed by atoms with E-state index in [1.165, 1.54) is 5.56 Å². The smallest absolute Gasteiger partial charge is 0.130 e. The van der Waals surface area contributed by atoms with Crippen molar-refractivity contribution in [3.8, 4) is 5.75 Å². The molecule has 0 saturated carbocycles. The minimum atomic E-state index is 0.228. The van der Waals surface area contributed by atoms with Crippen LogP contribution in [0, 0.1) is 0 Å². The van der Waals surface area contributed by atoms with Crippen LogP contribution in [0.5, 0.6) is 5.75 Å². The summed E-state index contributed by atoms with van der Waals surface area (Å²) in [6, 6.07) is 7.94. The third kappa shape index (κ3) is 6.32. The van der Waals surface area contributed by atoms with Crippen molar-refractivity contribution in [2.75, 3.05) is 12.5 Å². The highest BCUT2D eigenvalue weighted by Gasteiger charge is 1.98. The standard InChI is InChI=1S/C14H19ClO2/c1-12(16)4-5-13-6-8-14(9-7-13)17-11-3-2-10-15/h6-9H,2-5,10-11H2,1H3. The SMILES string of the molecule is CC(=O)CCc1ccc(OCCCCCl)cc1. The van der Waals surface area contributed by atoms with Crippen molar-refractivity contribution in [2.45, 2.75) is 32.6 Å². The van der Waals surface area contributed by atoms with Gasteiger partial charge in [0.15, 0.2) is 0 Å². The van der Waals surface area contributed by atoms with Gasteiger partial charge < -0.3 is 9.53 Å². The molecule has 0 bridgehead atoms. The van der Waals surface area contributed by atoms with Crippen molar-refractivity contribution >= 4 is 17.4 Å². The Bertz CT molecular complexity index is 333. The number of hydrogen-bond acceptors (Lipinski definition) is 2. The van der Waals surface area contributed by atoms with E-state index < -0.39 is 0 Å². The summed E-state index contributed by atoms with van der Waals surface area (Å²) in [5, 5.41) is 0. The van der Waals surface area contributed by atoms with Crippen LogP contribution in [-0.4, -0.2) is 18.3 Å². The summed E-state index contributed by atoms with van der Waals surface area (Å²) in [6.45, 7) is 2.33. The first-order chi connectivity index (χ1) is 8.22. The van der Waals surface area contributed by atoms with Gasteiger partial charge in [-0.3, -0.25) is 0 Å². The number of halogens is 1. The molecular formula is C14H19ClO2. The average Bonchev–Trinajstić information content (AvgIpc) is 2.33. The Kier molecular flexibility index (Phi) is 6.71. The molecule has 0 amide bonds. The number of rotatable bonds is 8. The number of alkyl halides is 1. The maximum Gasteiger partial charge on any atom is 0.130 e. The maximum absolute atomic E-state index is 10.9. The van der Waals surface area contributed by atoms with E-state index in [1.807, 2.05) is 24.3 Å². The van der Waals surface area contributed by atoms with Crippen LogP contribution in [0.15, 0.2) is 24.3 Å². The summed E-state index contributed by atoms with van der Waals surface area (Å²) in [5.41, 5.74) is 1.17. The van der Waals surface area contributed by atoms with Gasteiger partial charge in [0.05, 0.1) is 6.61 Å². The average molecular weight is 255 g/mol.